The molecular formula is C18H20N4O4. The first-order chi connectivity index (χ1) is 12.4. The second-order valence-electron chi connectivity index (χ2n) is 7.06. The number of H-pyrrole nitrogens is 1. The minimum atomic E-state index is -0.944. The van der Waals surface area contributed by atoms with Gasteiger partial charge in [-0.15, -0.1) is 0 Å². The van der Waals surface area contributed by atoms with Crippen LogP contribution in [-0.2, 0) is 9.59 Å². The molecule has 0 aliphatic carbocycles. The van der Waals surface area contributed by atoms with E-state index in [9.17, 15) is 19.5 Å². The van der Waals surface area contributed by atoms with Gasteiger partial charge in [-0.2, -0.15) is 5.10 Å². The summed E-state index contributed by atoms with van der Waals surface area (Å²) in [6.45, 7) is 0.808. The molecule has 2 N–H and O–H groups in total. The van der Waals surface area contributed by atoms with Crippen molar-refractivity contribution < 1.29 is 19.5 Å². The number of carbonyl (C=O) groups excluding carboxylic acids is 2. The summed E-state index contributed by atoms with van der Waals surface area (Å²) in [4.78, 5) is 39.9. The van der Waals surface area contributed by atoms with E-state index in [0.29, 0.717) is 31.6 Å². The van der Waals surface area contributed by atoms with Crippen molar-refractivity contribution in [2.45, 2.75) is 24.8 Å². The van der Waals surface area contributed by atoms with Gasteiger partial charge in [0.2, 0.25) is 5.91 Å². The van der Waals surface area contributed by atoms with Gasteiger partial charge in [0.05, 0.1) is 17.0 Å². The Morgan fingerprint density at radius 1 is 1.27 bits per heavy atom. The first-order valence-electron chi connectivity index (χ1n) is 8.66. The maximum absolute atomic E-state index is 12.9. The zero-order chi connectivity index (χ0) is 18.5. The van der Waals surface area contributed by atoms with Gasteiger partial charge in [-0.1, -0.05) is 18.2 Å². The normalized spacial score (nSPS) is 22.3. The molecule has 3 heterocycles. The van der Waals surface area contributed by atoms with E-state index in [1.165, 1.54) is 0 Å². The molecule has 26 heavy (non-hydrogen) atoms. The van der Waals surface area contributed by atoms with Gasteiger partial charge < -0.3 is 14.9 Å². The smallest absolute Gasteiger partial charge is 0.309 e. The first-order valence-corrected chi connectivity index (χ1v) is 8.66. The van der Waals surface area contributed by atoms with Crippen LogP contribution in [0.25, 0.3) is 10.9 Å². The molecule has 2 aliphatic heterocycles. The van der Waals surface area contributed by atoms with Crippen LogP contribution in [0.2, 0.25) is 0 Å². The number of fused-ring (bicyclic) bond motifs is 1. The number of amides is 2. The average molecular weight is 356 g/mol. The minimum Gasteiger partial charge on any atom is -0.481 e. The SMILES string of the molecule is CN1C(=O)C[C@@H](C(=O)O)C12CCN(C(=O)c1n[nH]c3ccccc13)CC2. The predicted octanol–water partition coefficient (Wildman–Crippen LogP) is 1.10. The van der Waals surface area contributed by atoms with Crippen LogP contribution in [-0.4, -0.2) is 68.6 Å². The second kappa shape index (κ2) is 5.82. The highest BCUT2D eigenvalue weighted by atomic mass is 16.4. The zero-order valence-corrected chi connectivity index (χ0v) is 14.4. The number of carboxylic acids is 1. The molecule has 0 saturated carbocycles. The third-order valence-corrected chi connectivity index (χ3v) is 5.96. The number of aromatic amines is 1. The predicted molar refractivity (Wildman–Crippen MR) is 92.5 cm³/mol. The van der Waals surface area contributed by atoms with E-state index in [-0.39, 0.29) is 18.2 Å². The van der Waals surface area contributed by atoms with Gasteiger partial charge >= 0.3 is 5.97 Å². The third kappa shape index (κ3) is 2.28. The summed E-state index contributed by atoms with van der Waals surface area (Å²) >= 11 is 0. The zero-order valence-electron chi connectivity index (χ0n) is 14.4. The van der Waals surface area contributed by atoms with Crippen molar-refractivity contribution in [3.8, 4) is 0 Å². The number of para-hydroxylation sites is 1. The van der Waals surface area contributed by atoms with Gasteiger partial charge in [0, 0.05) is 31.9 Å². The molecule has 0 bridgehead atoms. The van der Waals surface area contributed by atoms with Crippen LogP contribution in [0.1, 0.15) is 29.8 Å². The summed E-state index contributed by atoms with van der Waals surface area (Å²) in [6, 6.07) is 7.44. The molecule has 1 aromatic carbocycles. The summed E-state index contributed by atoms with van der Waals surface area (Å²) in [7, 11) is 1.67. The Bertz CT molecular complexity index is 897. The lowest BCUT2D eigenvalue weighted by molar-refractivity contribution is -0.145. The number of benzene rings is 1. The van der Waals surface area contributed by atoms with Crippen LogP contribution >= 0.6 is 0 Å². The number of nitrogens with one attached hydrogen (secondary N) is 1. The van der Waals surface area contributed by atoms with Crippen LogP contribution in [0.5, 0.6) is 0 Å². The Morgan fingerprint density at radius 3 is 2.65 bits per heavy atom. The van der Waals surface area contributed by atoms with E-state index in [1.54, 1.807) is 16.8 Å². The average Bonchev–Trinajstić information content (AvgIpc) is 3.17. The van der Waals surface area contributed by atoms with Crippen LogP contribution in [0, 0.1) is 5.92 Å². The molecule has 0 unspecified atom stereocenters. The highest BCUT2D eigenvalue weighted by Crippen LogP contribution is 2.43. The lowest BCUT2D eigenvalue weighted by Gasteiger charge is -2.45. The molecule has 2 amide bonds. The summed E-state index contributed by atoms with van der Waals surface area (Å²) in [5, 5.41) is 17.3. The number of likely N-dealkylation sites (tertiary alicyclic amines) is 2. The van der Waals surface area contributed by atoms with E-state index >= 15 is 0 Å². The van der Waals surface area contributed by atoms with E-state index in [2.05, 4.69) is 10.2 Å². The number of hydrogen-bond acceptors (Lipinski definition) is 4. The highest BCUT2D eigenvalue weighted by Gasteiger charge is 2.55. The van der Waals surface area contributed by atoms with Crippen molar-refractivity contribution in [2.75, 3.05) is 20.1 Å². The van der Waals surface area contributed by atoms with Crippen molar-refractivity contribution in [3.05, 3.63) is 30.0 Å². The van der Waals surface area contributed by atoms with E-state index in [1.807, 2.05) is 24.3 Å². The number of nitrogens with zero attached hydrogens (tertiary/aromatic N) is 3. The quantitative estimate of drug-likeness (QED) is 0.838. The summed E-state index contributed by atoms with van der Waals surface area (Å²) in [5.41, 5.74) is 0.478. The number of carbonyl (C=O) groups is 3. The minimum absolute atomic E-state index is 0.0315. The monoisotopic (exact) mass is 356 g/mol. The van der Waals surface area contributed by atoms with E-state index in [0.717, 1.165) is 10.9 Å². The Kier molecular flexibility index (Phi) is 3.71. The van der Waals surface area contributed by atoms with Crippen molar-refractivity contribution in [3.63, 3.8) is 0 Å². The third-order valence-electron chi connectivity index (χ3n) is 5.96. The fourth-order valence-electron chi connectivity index (χ4n) is 4.36. The molecule has 2 saturated heterocycles. The molecule has 1 aromatic heterocycles. The van der Waals surface area contributed by atoms with Crippen LogP contribution < -0.4 is 0 Å². The number of carboxylic acid groups (broad SMARTS) is 1. The first kappa shape index (κ1) is 16.6. The molecule has 136 valence electrons. The Hall–Kier alpha value is -2.90. The van der Waals surface area contributed by atoms with Gasteiger partial charge in [-0.25, -0.2) is 0 Å². The van der Waals surface area contributed by atoms with Gasteiger partial charge in [-0.05, 0) is 18.9 Å². The van der Waals surface area contributed by atoms with Crippen molar-refractivity contribution in [1.82, 2.24) is 20.0 Å². The molecule has 2 fully saturated rings. The van der Waals surface area contributed by atoms with Gasteiger partial charge in [0.15, 0.2) is 5.69 Å². The van der Waals surface area contributed by atoms with E-state index < -0.39 is 17.4 Å². The number of aromatic nitrogens is 2. The molecule has 2 aliphatic rings. The van der Waals surface area contributed by atoms with Crippen LogP contribution in [0.15, 0.2) is 24.3 Å². The molecular weight excluding hydrogens is 336 g/mol. The number of rotatable bonds is 2. The standard InChI is InChI=1S/C18H20N4O4/c1-21-14(23)10-12(17(25)26)18(21)6-8-22(9-7-18)16(24)15-11-4-2-3-5-13(11)19-20-15/h2-5,12H,6-10H2,1H3,(H,19,20)(H,25,26)/t12-/m0/s1. The maximum atomic E-state index is 12.9. The number of aliphatic carboxylic acids is 1. The van der Waals surface area contributed by atoms with E-state index in [4.69, 9.17) is 0 Å². The topological polar surface area (TPSA) is 107 Å². The van der Waals surface area contributed by atoms with Crippen LogP contribution in [0.4, 0.5) is 0 Å². The number of hydrogen-bond donors (Lipinski definition) is 2. The van der Waals surface area contributed by atoms with Gasteiger partial charge in [-0.3, -0.25) is 19.5 Å². The molecule has 1 spiro atoms. The van der Waals surface area contributed by atoms with Gasteiger partial charge in [0.25, 0.3) is 5.91 Å². The Morgan fingerprint density at radius 2 is 1.96 bits per heavy atom. The van der Waals surface area contributed by atoms with Crippen molar-refractivity contribution in [2.24, 2.45) is 5.92 Å². The molecule has 2 aromatic rings. The molecule has 8 nitrogen and oxygen atoms in total. The molecule has 1 atom stereocenters. The number of piperidine rings is 1. The summed E-state index contributed by atoms with van der Waals surface area (Å²) < 4.78 is 0. The molecule has 8 heteroatoms. The molecule has 4 rings (SSSR count). The Labute approximate surface area is 149 Å². The summed E-state index contributed by atoms with van der Waals surface area (Å²) in [5.74, 6) is -1.98. The van der Waals surface area contributed by atoms with Gasteiger partial charge in [0.1, 0.15) is 0 Å². The maximum Gasteiger partial charge on any atom is 0.309 e. The Balaban J connectivity index is 1.55. The largest absolute Gasteiger partial charge is 0.481 e. The lowest BCUT2D eigenvalue weighted by Crippen LogP contribution is -2.57. The summed E-state index contributed by atoms with van der Waals surface area (Å²) in [6.07, 6.45) is 0.949. The lowest BCUT2D eigenvalue weighted by atomic mass is 9.77. The van der Waals surface area contributed by atoms with Crippen LogP contribution in [0.3, 0.4) is 0 Å². The molecule has 0 radical (unpaired) electrons. The second-order valence-corrected chi connectivity index (χ2v) is 7.06. The fraction of sp³-hybridized carbons (Fsp3) is 0.444. The highest BCUT2D eigenvalue weighted by molar-refractivity contribution is 6.04. The van der Waals surface area contributed by atoms with Crippen molar-refractivity contribution >= 4 is 28.7 Å². The fourth-order valence-corrected chi connectivity index (χ4v) is 4.36. The van der Waals surface area contributed by atoms with Crippen molar-refractivity contribution in [1.29, 1.82) is 0 Å².